The van der Waals surface area contributed by atoms with Crippen LogP contribution >= 0.6 is 40.7 Å². The van der Waals surface area contributed by atoms with Crippen LogP contribution in [0, 0.1) is 5.92 Å². The zero-order valence-corrected chi connectivity index (χ0v) is 16.2. The first-order valence-electron chi connectivity index (χ1n) is 7.37. The monoisotopic (exact) mass is 438 g/mol. The van der Waals surface area contributed by atoms with Gasteiger partial charge in [-0.2, -0.15) is 0 Å². The number of amides is 1. The Bertz CT molecular complexity index is 677. The molecule has 6 nitrogen and oxygen atoms in total. The molecule has 1 fully saturated rings. The van der Waals surface area contributed by atoms with Gasteiger partial charge in [0, 0.05) is 30.1 Å². The second-order valence-corrected chi connectivity index (χ2v) is 6.45. The van der Waals surface area contributed by atoms with Gasteiger partial charge in [-0.25, -0.2) is 4.98 Å². The zero-order chi connectivity index (χ0) is 15.5. The average Bonchev–Trinajstić information content (AvgIpc) is 2.94. The topological polar surface area (TPSA) is 81.7 Å². The molecular formula is C15H21BrCl2N4O2. The highest BCUT2D eigenvalue weighted by atomic mass is 79.9. The summed E-state index contributed by atoms with van der Waals surface area (Å²) in [6.07, 6.45) is 5.52. The first-order valence-corrected chi connectivity index (χ1v) is 8.17. The van der Waals surface area contributed by atoms with Crippen molar-refractivity contribution in [1.29, 1.82) is 0 Å². The maximum Gasteiger partial charge on any atom is 0.237 e. The third-order valence-corrected chi connectivity index (χ3v) is 4.45. The molecule has 3 heterocycles. The lowest BCUT2D eigenvalue weighted by atomic mass is 9.92. The molecule has 1 atom stereocenters. The second-order valence-electron chi connectivity index (χ2n) is 5.54. The van der Waals surface area contributed by atoms with Crippen LogP contribution in [0.4, 0.5) is 0 Å². The number of ether oxygens (including phenoxy) is 1. The Morgan fingerprint density at radius 3 is 2.79 bits per heavy atom. The molecule has 2 aromatic rings. The molecule has 0 aromatic carbocycles. The third kappa shape index (κ3) is 5.07. The zero-order valence-electron chi connectivity index (χ0n) is 13.0. The Hall–Kier alpha value is -0.860. The van der Waals surface area contributed by atoms with Crippen molar-refractivity contribution < 1.29 is 9.53 Å². The quantitative estimate of drug-likeness (QED) is 0.765. The van der Waals surface area contributed by atoms with Gasteiger partial charge < -0.3 is 20.2 Å². The second kappa shape index (κ2) is 9.58. The number of carbonyl (C=O) groups excluding carboxylic acids is 1. The van der Waals surface area contributed by atoms with E-state index in [9.17, 15) is 4.79 Å². The summed E-state index contributed by atoms with van der Waals surface area (Å²) in [5, 5.41) is 2.88. The summed E-state index contributed by atoms with van der Waals surface area (Å²) in [6, 6.07) is 3.38. The fourth-order valence-corrected chi connectivity index (χ4v) is 3.04. The highest BCUT2D eigenvalue weighted by molar-refractivity contribution is 9.10. The molecule has 9 heteroatoms. The number of hydrogen-bond donors (Lipinski definition) is 2. The van der Waals surface area contributed by atoms with E-state index in [4.69, 9.17) is 10.5 Å². The van der Waals surface area contributed by atoms with Crippen LogP contribution in [0.15, 0.2) is 29.0 Å². The Kier molecular flexibility index (Phi) is 8.45. The largest absolute Gasteiger partial charge is 0.381 e. The van der Waals surface area contributed by atoms with Crippen LogP contribution in [0.25, 0.3) is 5.65 Å². The van der Waals surface area contributed by atoms with E-state index in [0.717, 1.165) is 28.7 Å². The van der Waals surface area contributed by atoms with Crippen molar-refractivity contribution >= 4 is 52.3 Å². The molecule has 3 N–H and O–H groups in total. The van der Waals surface area contributed by atoms with Crippen molar-refractivity contribution in [2.45, 2.75) is 25.4 Å². The minimum absolute atomic E-state index is 0. The summed E-state index contributed by atoms with van der Waals surface area (Å²) in [5.74, 6) is 0.0795. The molecule has 0 aliphatic carbocycles. The van der Waals surface area contributed by atoms with E-state index < -0.39 is 6.04 Å². The summed E-state index contributed by atoms with van der Waals surface area (Å²) >= 11 is 3.42. The Morgan fingerprint density at radius 2 is 2.08 bits per heavy atom. The molecule has 1 amide bonds. The molecule has 3 rings (SSSR count). The van der Waals surface area contributed by atoms with E-state index in [1.807, 2.05) is 28.9 Å². The van der Waals surface area contributed by atoms with Crippen molar-refractivity contribution in [2.24, 2.45) is 11.7 Å². The molecule has 2 aromatic heterocycles. The van der Waals surface area contributed by atoms with Crippen LogP contribution in [0.2, 0.25) is 0 Å². The Morgan fingerprint density at radius 1 is 1.38 bits per heavy atom. The summed E-state index contributed by atoms with van der Waals surface area (Å²) in [7, 11) is 0. The van der Waals surface area contributed by atoms with Crippen molar-refractivity contribution in [2.75, 3.05) is 13.2 Å². The van der Waals surface area contributed by atoms with Crippen LogP contribution in [0.1, 0.15) is 18.5 Å². The highest BCUT2D eigenvalue weighted by Crippen LogP contribution is 2.18. The number of nitrogens with one attached hydrogen (secondary N) is 1. The SMILES string of the molecule is Cl.Cl.NC(C(=O)NCc1cn2cc(Br)ccc2n1)C1CCOCC1. The van der Waals surface area contributed by atoms with Crippen LogP contribution in [-0.2, 0) is 16.1 Å². The van der Waals surface area contributed by atoms with E-state index in [-0.39, 0.29) is 36.6 Å². The van der Waals surface area contributed by atoms with Gasteiger partial charge in [-0.1, -0.05) is 0 Å². The normalized spacial score (nSPS) is 16.1. The lowest BCUT2D eigenvalue weighted by Gasteiger charge is -2.26. The summed E-state index contributed by atoms with van der Waals surface area (Å²) in [6.45, 7) is 1.76. The maximum atomic E-state index is 12.2. The van der Waals surface area contributed by atoms with E-state index in [1.165, 1.54) is 0 Å². The number of halogens is 3. The Labute approximate surface area is 161 Å². The van der Waals surface area contributed by atoms with E-state index in [2.05, 4.69) is 26.2 Å². The fourth-order valence-electron chi connectivity index (χ4n) is 2.69. The van der Waals surface area contributed by atoms with Crippen LogP contribution in [0.3, 0.4) is 0 Å². The van der Waals surface area contributed by atoms with E-state index in [0.29, 0.717) is 19.8 Å². The number of pyridine rings is 1. The molecular weight excluding hydrogens is 419 g/mol. The maximum absolute atomic E-state index is 12.2. The highest BCUT2D eigenvalue weighted by Gasteiger charge is 2.26. The molecule has 24 heavy (non-hydrogen) atoms. The van der Waals surface area contributed by atoms with Gasteiger partial charge in [-0.3, -0.25) is 4.79 Å². The first-order chi connectivity index (χ1) is 10.6. The molecule has 134 valence electrons. The molecule has 0 radical (unpaired) electrons. The van der Waals surface area contributed by atoms with Gasteiger partial charge >= 0.3 is 0 Å². The predicted molar refractivity (Wildman–Crippen MR) is 101 cm³/mol. The number of nitrogens with two attached hydrogens (primary N) is 1. The van der Waals surface area contributed by atoms with Gasteiger partial charge in [0.05, 0.1) is 18.3 Å². The molecule has 1 aliphatic rings. The minimum atomic E-state index is -0.477. The predicted octanol–water partition coefficient (Wildman–Crippen LogP) is 2.31. The van der Waals surface area contributed by atoms with Crippen molar-refractivity contribution in [3.63, 3.8) is 0 Å². The number of fused-ring (bicyclic) bond motifs is 1. The smallest absolute Gasteiger partial charge is 0.237 e. The van der Waals surface area contributed by atoms with Gasteiger partial charge in [0.25, 0.3) is 0 Å². The lowest BCUT2D eigenvalue weighted by molar-refractivity contribution is -0.124. The third-order valence-electron chi connectivity index (χ3n) is 3.99. The standard InChI is InChI=1S/C15H19BrN4O2.2ClH/c16-11-1-2-13-19-12(9-20(13)8-11)7-18-15(21)14(17)10-3-5-22-6-4-10;;/h1-2,8-10,14H,3-7,17H2,(H,18,21);2*1H. The molecule has 1 saturated heterocycles. The van der Waals surface area contributed by atoms with Gasteiger partial charge in [-0.05, 0) is 46.8 Å². The number of aromatic nitrogens is 2. The van der Waals surface area contributed by atoms with Crippen molar-refractivity contribution in [1.82, 2.24) is 14.7 Å². The number of rotatable bonds is 4. The van der Waals surface area contributed by atoms with Crippen LogP contribution < -0.4 is 11.1 Å². The first kappa shape index (κ1) is 21.2. The summed E-state index contributed by atoms with van der Waals surface area (Å²) in [4.78, 5) is 16.6. The summed E-state index contributed by atoms with van der Waals surface area (Å²) < 4.78 is 8.20. The van der Waals surface area contributed by atoms with Crippen LogP contribution in [0.5, 0.6) is 0 Å². The average molecular weight is 440 g/mol. The molecule has 0 bridgehead atoms. The van der Waals surface area contributed by atoms with Crippen molar-refractivity contribution in [3.05, 3.63) is 34.7 Å². The Balaban J connectivity index is 0.00000144. The molecule has 1 aliphatic heterocycles. The molecule has 0 spiro atoms. The fraction of sp³-hybridized carbons (Fsp3) is 0.467. The van der Waals surface area contributed by atoms with Gasteiger partial charge in [0.1, 0.15) is 5.65 Å². The number of carbonyl (C=O) groups is 1. The lowest BCUT2D eigenvalue weighted by Crippen LogP contribution is -2.46. The molecule has 1 unspecified atom stereocenters. The molecule has 0 saturated carbocycles. The van der Waals surface area contributed by atoms with Crippen molar-refractivity contribution in [3.8, 4) is 0 Å². The van der Waals surface area contributed by atoms with Crippen LogP contribution in [-0.4, -0.2) is 34.5 Å². The summed E-state index contributed by atoms with van der Waals surface area (Å²) in [5.41, 5.74) is 7.71. The number of hydrogen-bond acceptors (Lipinski definition) is 4. The van der Waals surface area contributed by atoms with E-state index in [1.54, 1.807) is 0 Å². The van der Waals surface area contributed by atoms with Gasteiger partial charge in [0.2, 0.25) is 5.91 Å². The van der Waals surface area contributed by atoms with Gasteiger partial charge in [-0.15, -0.1) is 24.8 Å². The van der Waals surface area contributed by atoms with E-state index >= 15 is 0 Å². The number of imidazole rings is 1. The number of nitrogens with zero attached hydrogens (tertiary/aromatic N) is 2. The minimum Gasteiger partial charge on any atom is -0.381 e. The van der Waals surface area contributed by atoms with Gasteiger partial charge in [0.15, 0.2) is 0 Å².